The molecule has 0 aliphatic carbocycles. The number of ether oxygens (including phenoxy) is 2. The molecule has 0 spiro atoms. The summed E-state index contributed by atoms with van der Waals surface area (Å²) in [6.07, 6.45) is 3.66. The average Bonchev–Trinajstić information content (AvgIpc) is 2.67. The Bertz CT molecular complexity index is 735. The highest BCUT2D eigenvalue weighted by Gasteiger charge is 2.26. The van der Waals surface area contributed by atoms with Crippen LogP contribution in [0.25, 0.3) is 0 Å². The fourth-order valence-electron chi connectivity index (χ4n) is 3.80. The van der Waals surface area contributed by atoms with Crippen molar-refractivity contribution in [1.29, 1.82) is 0 Å². The number of hydrogen-bond acceptors (Lipinski definition) is 6. The van der Waals surface area contributed by atoms with Gasteiger partial charge in [-0.2, -0.15) is 0 Å². The number of hydrogen-bond donors (Lipinski definition) is 0. The van der Waals surface area contributed by atoms with Crippen molar-refractivity contribution in [3.63, 3.8) is 0 Å². The molecule has 0 saturated carbocycles. The zero-order chi connectivity index (χ0) is 20.1. The fourth-order valence-corrected chi connectivity index (χ4v) is 4.22. The minimum atomic E-state index is -3.09. The van der Waals surface area contributed by atoms with Gasteiger partial charge < -0.3 is 14.4 Å². The molecule has 28 heavy (non-hydrogen) atoms. The highest BCUT2D eigenvalue weighted by Crippen LogP contribution is 2.31. The van der Waals surface area contributed by atoms with Crippen LogP contribution in [-0.4, -0.2) is 94.9 Å². The second-order valence-corrected chi connectivity index (χ2v) is 10.2. The van der Waals surface area contributed by atoms with Gasteiger partial charge in [0, 0.05) is 33.2 Å². The molecule has 2 aliphatic heterocycles. The maximum Gasteiger partial charge on any atom is 0.210 e. The standard InChI is InChI=1S/C20H33N3O4S/c1-21(12-13-22(2)28(3,24)25)14-17-8-10-23(11-9-17)15-18-16-26-19-6-4-5-7-20(19)27-18/h4-7,17-18H,8-16H2,1-3H3. The highest BCUT2D eigenvalue weighted by molar-refractivity contribution is 7.88. The lowest BCUT2D eigenvalue weighted by Crippen LogP contribution is -2.45. The van der Waals surface area contributed by atoms with Crippen LogP contribution in [0.15, 0.2) is 24.3 Å². The summed E-state index contributed by atoms with van der Waals surface area (Å²) in [7, 11) is 0.619. The van der Waals surface area contributed by atoms with Gasteiger partial charge in [-0.3, -0.25) is 4.90 Å². The molecule has 158 valence electrons. The van der Waals surface area contributed by atoms with Crippen LogP contribution in [0.5, 0.6) is 11.5 Å². The van der Waals surface area contributed by atoms with Gasteiger partial charge in [0.25, 0.3) is 0 Å². The molecule has 0 bridgehead atoms. The first-order chi connectivity index (χ1) is 13.3. The molecule has 7 nitrogen and oxygen atoms in total. The van der Waals surface area contributed by atoms with Gasteiger partial charge in [-0.1, -0.05) is 12.1 Å². The normalized spacial score (nSPS) is 21.4. The van der Waals surface area contributed by atoms with Crippen molar-refractivity contribution < 1.29 is 17.9 Å². The lowest BCUT2D eigenvalue weighted by Gasteiger charge is -2.36. The van der Waals surface area contributed by atoms with Crippen LogP contribution in [0.4, 0.5) is 0 Å². The molecule has 2 heterocycles. The van der Waals surface area contributed by atoms with Gasteiger partial charge in [0.1, 0.15) is 12.7 Å². The van der Waals surface area contributed by atoms with Crippen molar-refractivity contribution in [3.05, 3.63) is 24.3 Å². The summed E-state index contributed by atoms with van der Waals surface area (Å²) in [5.41, 5.74) is 0. The van der Waals surface area contributed by atoms with E-state index in [9.17, 15) is 8.42 Å². The quantitative estimate of drug-likeness (QED) is 0.644. The number of benzene rings is 1. The van der Waals surface area contributed by atoms with Gasteiger partial charge in [-0.05, 0) is 51.0 Å². The van der Waals surface area contributed by atoms with Crippen molar-refractivity contribution in [2.75, 3.05) is 66.2 Å². The first-order valence-corrected chi connectivity index (χ1v) is 11.9. The van der Waals surface area contributed by atoms with Crippen LogP contribution in [0, 0.1) is 5.92 Å². The summed E-state index contributed by atoms with van der Waals surface area (Å²) >= 11 is 0. The molecular formula is C20H33N3O4S. The van der Waals surface area contributed by atoms with Gasteiger partial charge in [-0.15, -0.1) is 0 Å². The van der Waals surface area contributed by atoms with E-state index in [1.165, 1.54) is 10.6 Å². The Morgan fingerprint density at radius 3 is 2.46 bits per heavy atom. The maximum absolute atomic E-state index is 11.5. The van der Waals surface area contributed by atoms with Gasteiger partial charge in [0.05, 0.1) is 6.26 Å². The Balaban J connectivity index is 1.36. The number of rotatable bonds is 8. The second kappa shape index (κ2) is 9.43. The van der Waals surface area contributed by atoms with Crippen molar-refractivity contribution in [1.82, 2.24) is 14.1 Å². The van der Waals surface area contributed by atoms with Crippen LogP contribution >= 0.6 is 0 Å². The van der Waals surface area contributed by atoms with Crippen molar-refractivity contribution >= 4 is 10.0 Å². The Hall–Kier alpha value is -1.35. The van der Waals surface area contributed by atoms with Gasteiger partial charge in [-0.25, -0.2) is 12.7 Å². The largest absolute Gasteiger partial charge is 0.486 e. The number of likely N-dealkylation sites (tertiary alicyclic amines) is 1. The van der Waals surface area contributed by atoms with E-state index in [1.54, 1.807) is 7.05 Å². The number of fused-ring (bicyclic) bond motifs is 1. The molecule has 1 saturated heterocycles. The van der Waals surface area contributed by atoms with Gasteiger partial charge in [0.15, 0.2) is 11.5 Å². The van der Waals surface area contributed by atoms with Crippen LogP contribution in [0.3, 0.4) is 0 Å². The Morgan fingerprint density at radius 2 is 1.79 bits per heavy atom. The third-order valence-corrected chi connectivity index (χ3v) is 6.98. The summed E-state index contributed by atoms with van der Waals surface area (Å²) < 4.78 is 36.3. The smallest absolute Gasteiger partial charge is 0.210 e. The molecule has 1 atom stereocenters. The third kappa shape index (κ3) is 6.07. The van der Waals surface area contributed by atoms with Crippen molar-refractivity contribution in [2.24, 2.45) is 5.92 Å². The van der Waals surface area contributed by atoms with Crippen LogP contribution < -0.4 is 9.47 Å². The minimum absolute atomic E-state index is 0.0839. The van der Waals surface area contributed by atoms with Gasteiger partial charge in [0.2, 0.25) is 10.0 Å². The number of nitrogens with zero attached hydrogens (tertiary/aromatic N) is 3. The molecule has 8 heteroatoms. The average molecular weight is 412 g/mol. The van der Waals surface area contributed by atoms with Crippen LogP contribution in [0.2, 0.25) is 0 Å². The number of para-hydroxylation sites is 2. The van der Waals surface area contributed by atoms with E-state index in [0.29, 0.717) is 19.1 Å². The molecule has 1 unspecified atom stereocenters. The summed E-state index contributed by atoms with van der Waals surface area (Å²) in [5, 5.41) is 0. The topological polar surface area (TPSA) is 62.3 Å². The Kier molecular flexibility index (Phi) is 7.20. The van der Waals surface area contributed by atoms with Crippen LogP contribution in [0.1, 0.15) is 12.8 Å². The van der Waals surface area contributed by atoms with E-state index in [4.69, 9.17) is 9.47 Å². The van der Waals surface area contributed by atoms with Gasteiger partial charge >= 0.3 is 0 Å². The monoisotopic (exact) mass is 411 g/mol. The predicted octanol–water partition coefficient (Wildman–Crippen LogP) is 1.36. The molecular weight excluding hydrogens is 378 g/mol. The lowest BCUT2D eigenvalue weighted by atomic mass is 9.96. The summed E-state index contributed by atoms with van der Waals surface area (Å²) in [6.45, 7) is 5.96. The summed E-state index contributed by atoms with van der Waals surface area (Å²) in [5.74, 6) is 2.34. The summed E-state index contributed by atoms with van der Waals surface area (Å²) in [4.78, 5) is 4.72. The lowest BCUT2D eigenvalue weighted by molar-refractivity contribution is 0.0454. The second-order valence-electron chi connectivity index (χ2n) is 8.09. The van der Waals surface area contributed by atoms with Crippen molar-refractivity contribution in [3.8, 4) is 11.5 Å². The number of piperidine rings is 1. The van der Waals surface area contributed by atoms with Crippen LogP contribution in [-0.2, 0) is 10.0 Å². The molecule has 2 aliphatic rings. The van der Waals surface area contributed by atoms with E-state index >= 15 is 0 Å². The van der Waals surface area contributed by atoms with E-state index in [-0.39, 0.29) is 6.10 Å². The predicted molar refractivity (Wildman–Crippen MR) is 110 cm³/mol. The molecule has 3 rings (SSSR count). The first kappa shape index (κ1) is 21.4. The highest BCUT2D eigenvalue weighted by atomic mass is 32.2. The molecule has 1 fully saturated rings. The summed E-state index contributed by atoms with van der Waals surface area (Å²) in [6, 6.07) is 7.84. The molecule has 0 radical (unpaired) electrons. The third-order valence-electron chi connectivity index (χ3n) is 5.67. The number of sulfonamides is 1. The maximum atomic E-state index is 11.5. The molecule has 0 N–H and O–H groups in total. The number of likely N-dealkylation sites (N-methyl/N-ethyl adjacent to an activating group) is 2. The van der Waals surface area contributed by atoms with E-state index in [1.807, 2.05) is 24.3 Å². The fraction of sp³-hybridized carbons (Fsp3) is 0.700. The van der Waals surface area contributed by atoms with E-state index in [0.717, 1.165) is 57.1 Å². The zero-order valence-corrected chi connectivity index (χ0v) is 18.0. The van der Waals surface area contributed by atoms with E-state index in [2.05, 4.69) is 16.8 Å². The molecule has 1 aromatic rings. The Labute approximate surface area is 169 Å². The molecule has 1 aromatic carbocycles. The van der Waals surface area contributed by atoms with E-state index < -0.39 is 10.0 Å². The first-order valence-electron chi connectivity index (χ1n) is 10.0. The molecule has 0 aromatic heterocycles. The zero-order valence-electron chi connectivity index (χ0n) is 17.2. The Morgan fingerprint density at radius 1 is 1.11 bits per heavy atom. The SMILES string of the molecule is CN(CCN(C)S(C)(=O)=O)CC1CCN(CC2COc3ccccc3O2)CC1. The van der Waals surface area contributed by atoms with Crippen molar-refractivity contribution in [2.45, 2.75) is 18.9 Å². The molecule has 0 amide bonds. The minimum Gasteiger partial charge on any atom is -0.486 e.